The van der Waals surface area contributed by atoms with Crippen molar-refractivity contribution in [1.82, 2.24) is 10.3 Å². The molecule has 1 unspecified atom stereocenters. The van der Waals surface area contributed by atoms with Gasteiger partial charge in [0.15, 0.2) is 0 Å². The normalized spacial score (nSPS) is 21.2. The lowest BCUT2D eigenvalue weighted by molar-refractivity contribution is 0.0910. The highest BCUT2D eigenvalue weighted by molar-refractivity contribution is 6.29. The smallest absolute Gasteiger partial charge is 0.251 e. The summed E-state index contributed by atoms with van der Waals surface area (Å²) < 4.78 is 0. The molecule has 1 saturated carbocycles. The van der Waals surface area contributed by atoms with E-state index in [1.54, 1.807) is 19.2 Å². The molecule has 19 heavy (non-hydrogen) atoms. The molecule has 2 rings (SSSR count). The fourth-order valence-electron chi connectivity index (χ4n) is 2.59. The summed E-state index contributed by atoms with van der Waals surface area (Å²) >= 11 is 5.91. The minimum atomic E-state index is -0.0826. The lowest BCUT2D eigenvalue weighted by Gasteiger charge is -2.27. The van der Waals surface area contributed by atoms with Crippen LogP contribution in [0.4, 0.5) is 5.82 Å². The molecule has 0 saturated heterocycles. The van der Waals surface area contributed by atoms with Crippen molar-refractivity contribution in [3.8, 4) is 0 Å². The van der Waals surface area contributed by atoms with Crippen LogP contribution in [0, 0.1) is 5.41 Å². The van der Waals surface area contributed by atoms with Crippen LogP contribution >= 0.6 is 11.6 Å². The van der Waals surface area contributed by atoms with Gasteiger partial charge in [0.25, 0.3) is 5.91 Å². The molecule has 1 heterocycles. The second-order valence-electron chi connectivity index (χ2n) is 5.72. The zero-order valence-corrected chi connectivity index (χ0v) is 12.3. The van der Waals surface area contributed by atoms with E-state index in [2.05, 4.69) is 29.5 Å². The first-order valence-corrected chi connectivity index (χ1v) is 6.96. The Hall–Kier alpha value is -1.29. The molecule has 2 N–H and O–H groups in total. The molecule has 0 aromatic carbocycles. The topological polar surface area (TPSA) is 54.0 Å². The van der Waals surface area contributed by atoms with Gasteiger partial charge < -0.3 is 10.6 Å². The van der Waals surface area contributed by atoms with Crippen LogP contribution in [0.3, 0.4) is 0 Å². The molecular formula is C14H20ClN3O. The number of nitrogens with one attached hydrogen (secondary N) is 2. The van der Waals surface area contributed by atoms with Crippen molar-refractivity contribution >= 4 is 23.3 Å². The van der Waals surface area contributed by atoms with Gasteiger partial charge in [-0.05, 0) is 30.4 Å². The van der Waals surface area contributed by atoms with E-state index in [1.165, 1.54) is 0 Å². The third kappa shape index (κ3) is 3.18. The predicted molar refractivity (Wildman–Crippen MR) is 77.7 cm³/mol. The van der Waals surface area contributed by atoms with Crippen LogP contribution in [0.5, 0.6) is 0 Å². The van der Waals surface area contributed by atoms with Crippen LogP contribution in [0.1, 0.15) is 43.5 Å². The number of aromatic nitrogens is 1. The van der Waals surface area contributed by atoms with Gasteiger partial charge in [0.1, 0.15) is 11.0 Å². The summed E-state index contributed by atoms with van der Waals surface area (Å²) in [6.45, 7) is 4.40. The molecule has 0 radical (unpaired) electrons. The molecule has 1 atom stereocenters. The predicted octanol–water partition coefficient (Wildman–Crippen LogP) is 3.09. The highest BCUT2D eigenvalue weighted by atomic mass is 35.5. The molecule has 1 aliphatic carbocycles. The van der Waals surface area contributed by atoms with Crippen molar-refractivity contribution in [2.45, 2.75) is 39.2 Å². The van der Waals surface area contributed by atoms with Crippen LogP contribution in [-0.4, -0.2) is 24.0 Å². The van der Waals surface area contributed by atoms with Gasteiger partial charge in [0.2, 0.25) is 0 Å². The van der Waals surface area contributed by atoms with Crippen molar-refractivity contribution in [2.75, 3.05) is 12.4 Å². The highest BCUT2D eigenvalue weighted by Gasteiger charge is 2.35. The molecule has 0 spiro atoms. The largest absolute Gasteiger partial charge is 0.373 e. The lowest BCUT2D eigenvalue weighted by atomic mass is 9.87. The fraction of sp³-hybridized carbons (Fsp3) is 0.571. The number of halogens is 1. The third-order valence-electron chi connectivity index (χ3n) is 3.87. The number of anilines is 1. The molecule has 1 aliphatic rings. The molecule has 1 amide bonds. The van der Waals surface area contributed by atoms with E-state index in [1.807, 2.05) is 0 Å². The first-order chi connectivity index (χ1) is 8.92. The summed E-state index contributed by atoms with van der Waals surface area (Å²) in [5.74, 6) is 0.518. The minimum Gasteiger partial charge on any atom is -0.373 e. The Labute approximate surface area is 118 Å². The first-order valence-electron chi connectivity index (χ1n) is 6.58. The maximum atomic E-state index is 12.3. The number of pyridine rings is 1. The Morgan fingerprint density at radius 1 is 1.47 bits per heavy atom. The number of hydrogen-bond acceptors (Lipinski definition) is 3. The Balaban J connectivity index is 2.14. The summed E-state index contributed by atoms with van der Waals surface area (Å²) in [6, 6.07) is 3.54. The van der Waals surface area contributed by atoms with E-state index >= 15 is 0 Å². The number of amides is 1. The molecule has 1 aromatic rings. The van der Waals surface area contributed by atoms with Crippen LogP contribution in [0.2, 0.25) is 5.15 Å². The number of carbonyl (C=O) groups excluding carboxylic acids is 1. The van der Waals surface area contributed by atoms with E-state index < -0.39 is 0 Å². The van der Waals surface area contributed by atoms with E-state index in [0.717, 1.165) is 19.3 Å². The Morgan fingerprint density at radius 3 is 2.79 bits per heavy atom. The molecule has 1 aromatic heterocycles. The zero-order valence-electron chi connectivity index (χ0n) is 11.6. The van der Waals surface area contributed by atoms with Gasteiger partial charge in [-0.3, -0.25) is 4.79 Å². The van der Waals surface area contributed by atoms with E-state index in [4.69, 9.17) is 11.6 Å². The number of hydrogen-bond donors (Lipinski definition) is 2. The number of rotatable bonds is 3. The Kier molecular flexibility index (Phi) is 3.99. The van der Waals surface area contributed by atoms with Crippen LogP contribution in [0.15, 0.2) is 12.1 Å². The second kappa shape index (κ2) is 5.37. The molecule has 0 bridgehead atoms. The summed E-state index contributed by atoms with van der Waals surface area (Å²) in [4.78, 5) is 16.4. The number of nitrogens with zero attached hydrogens (tertiary/aromatic N) is 1. The summed E-state index contributed by atoms with van der Waals surface area (Å²) in [6.07, 6.45) is 3.35. The van der Waals surface area contributed by atoms with Crippen LogP contribution < -0.4 is 10.6 Å². The van der Waals surface area contributed by atoms with Gasteiger partial charge in [-0.25, -0.2) is 4.98 Å². The van der Waals surface area contributed by atoms with Crippen LogP contribution in [0.25, 0.3) is 0 Å². The SMILES string of the molecule is CNc1cc(C(=O)NC2CCCC2(C)C)cc(Cl)n1. The van der Waals surface area contributed by atoms with E-state index in [9.17, 15) is 4.79 Å². The van der Waals surface area contributed by atoms with Crippen molar-refractivity contribution in [1.29, 1.82) is 0 Å². The summed E-state index contributed by atoms with van der Waals surface area (Å²) in [5, 5.41) is 6.33. The Morgan fingerprint density at radius 2 is 2.21 bits per heavy atom. The quantitative estimate of drug-likeness (QED) is 0.837. The number of carbonyl (C=O) groups is 1. The van der Waals surface area contributed by atoms with E-state index in [0.29, 0.717) is 16.5 Å². The molecule has 1 fully saturated rings. The monoisotopic (exact) mass is 281 g/mol. The van der Waals surface area contributed by atoms with Crippen LogP contribution in [-0.2, 0) is 0 Å². The highest BCUT2D eigenvalue weighted by Crippen LogP contribution is 2.37. The average Bonchev–Trinajstić information content (AvgIpc) is 2.68. The van der Waals surface area contributed by atoms with Gasteiger partial charge in [-0.15, -0.1) is 0 Å². The van der Waals surface area contributed by atoms with Crippen molar-refractivity contribution in [3.05, 3.63) is 22.8 Å². The van der Waals surface area contributed by atoms with E-state index in [-0.39, 0.29) is 17.4 Å². The first kappa shape index (κ1) is 14.1. The van der Waals surface area contributed by atoms with Gasteiger partial charge in [-0.1, -0.05) is 31.9 Å². The molecule has 0 aliphatic heterocycles. The maximum Gasteiger partial charge on any atom is 0.251 e. The lowest BCUT2D eigenvalue weighted by Crippen LogP contribution is -2.41. The summed E-state index contributed by atoms with van der Waals surface area (Å²) in [5.41, 5.74) is 0.713. The minimum absolute atomic E-state index is 0.0826. The van der Waals surface area contributed by atoms with Crippen molar-refractivity contribution < 1.29 is 4.79 Å². The molecular weight excluding hydrogens is 262 g/mol. The fourth-order valence-corrected chi connectivity index (χ4v) is 2.80. The molecule has 104 valence electrons. The van der Waals surface area contributed by atoms with Gasteiger partial charge in [0.05, 0.1) is 0 Å². The average molecular weight is 282 g/mol. The van der Waals surface area contributed by atoms with Gasteiger partial charge in [0, 0.05) is 18.7 Å². The van der Waals surface area contributed by atoms with Gasteiger partial charge in [-0.2, -0.15) is 0 Å². The maximum absolute atomic E-state index is 12.3. The summed E-state index contributed by atoms with van der Waals surface area (Å²) in [7, 11) is 1.75. The molecule has 4 nitrogen and oxygen atoms in total. The standard InChI is InChI=1S/C14H20ClN3O/c1-14(2)6-4-5-10(14)17-13(19)9-7-11(15)18-12(8-9)16-3/h7-8,10H,4-6H2,1-3H3,(H,16,18)(H,17,19). The van der Waals surface area contributed by atoms with Gasteiger partial charge >= 0.3 is 0 Å². The zero-order chi connectivity index (χ0) is 14.0. The van der Waals surface area contributed by atoms with Crippen molar-refractivity contribution in [2.24, 2.45) is 5.41 Å². The third-order valence-corrected chi connectivity index (χ3v) is 4.07. The second-order valence-corrected chi connectivity index (χ2v) is 6.11. The molecule has 5 heteroatoms. The Bertz CT molecular complexity index is 488. The van der Waals surface area contributed by atoms with Crippen molar-refractivity contribution in [3.63, 3.8) is 0 Å².